The number of nitro groups is 1. The molecule has 108 valence electrons. The van der Waals surface area contributed by atoms with E-state index in [0.29, 0.717) is 0 Å². The Bertz CT molecular complexity index is 559. The maximum atomic E-state index is 13.6. The Labute approximate surface area is 113 Å². The maximum Gasteiger partial charge on any atom is 0.323 e. The Morgan fingerprint density at radius 3 is 2.70 bits per heavy atom. The van der Waals surface area contributed by atoms with Gasteiger partial charge in [-0.3, -0.25) is 14.9 Å². The molecule has 1 aliphatic carbocycles. The van der Waals surface area contributed by atoms with E-state index in [9.17, 15) is 19.3 Å². The highest BCUT2D eigenvalue weighted by Crippen LogP contribution is 2.39. The van der Waals surface area contributed by atoms with Crippen molar-refractivity contribution in [2.24, 2.45) is 0 Å². The average molecular weight is 284 g/mol. The average Bonchev–Trinajstić information content (AvgIpc) is 3.19. The molecule has 0 aromatic heterocycles. The molecule has 0 spiro atoms. The highest BCUT2D eigenvalue weighted by Gasteiger charge is 2.35. The highest BCUT2D eigenvalue weighted by molar-refractivity contribution is 5.77. The number of carbonyl (C=O) groups is 1. The van der Waals surface area contributed by atoms with Gasteiger partial charge in [0.25, 0.3) is 5.69 Å². The van der Waals surface area contributed by atoms with Gasteiger partial charge >= 0.3 is 5.97 Å². The van der Waals surface area contributed by atoms with Crippen LogP contribution in [-0.4, -0.2) is 35.7 Å². The number of halogens is 1. The number of nitro benzene ring substituents is 1. The molecule has 0 atom stereocenters. The van der Waals surface area contributed by atoms with Crippen LogP contribution in [0.1, 0.15) is 12.8 Å². The number of rotatable bonds is 6. The molecule has 0 aliphatic heterocycles. The van der Waals surface area contributed by atoms with Crippen LogP contribution in [0.4, 0.5) is 15.8 Å². The number of carboxylic acid groups (broad SMARTS) is 1. The summed E-state index contributed by atoms with van der Waals surface area (Å²) < 4.78 is 18.4. The number of hydrogen-bond acceptors (Lipinski definition) is 5. The third-order valence-corrected chi connectivity index (χ3v) is 3.05. The second kappa shape index (κ2) is 5.32. The first-order valence-corrected chi connectivity index (χ1v) is 5.94. The number of benzene rings is 1. The lowest BCUT2D eigenvalue weighted by molar-refractivity contribution is -0.384. The standard InChI is InChI=1S/C12H13FN2O5/c1-20-11-5-9(10(15(18)19)4-8(11)13)14(6-12(16)17)7-2-3-7/h4-5,7H,2-3,6H2,1H3,(H,16,17). The van der Waals surface area contributed by atoms with E-state index in [-0.39, 0.29) is 24.0 Å². The third-order valence-electron chi connectivity index (χ3n) is 3.05. The summed E-state index contributed by atoms with van der Waals surface area (Å²) in [5.74, 6) is -2.11. The second-order valence-electron chi connectivity index (χ2n) is 4.49. The second-order valence-corrected chi connectivity index (χ2v) is 4.49. The largest absolute Gasteiger partial charge is 0.494 e. The van der Waals surface area contributed by atoms with E-state index in [4.69, 9.17) is 9.84 Å². The smallest absolute Gasteiger partial charge is 0.323 e. The van der Waals surface area contributed by atoms with Gasteiger partial charge in [-0.05, 0) is 12.8 Å². The van der Waals surface area contributed by atoms with E-state index in [0.717, 1.165) is 18.9 Å². The molecule has 1 saturated carbocycles. The molecule has 0 heterocycles. The van der Waals surface area contributed by atoms with Crippen molar-refractivity contribution < 1.29 is 24.0 Å². The lowest BCUT2D eigenvalue weighted by atomic mass is 10.2. The van der Waals surface area contributed by atoms with Crippen molar-refractivity contribution in [2.75, 3.05) is 18.6 Å². The van der Waals surface area contributed by atoms with Crippen molar-refractivity contribution in [2.45, 2.75) is 18.9 Å². The Morgan fingerprint density at radius 2 is 2.25 bits per heavy atom. The number of hydrogen-bond donors (Lipinski definition) is 1. The van der Waals surface area contributed by atoms with E-state index in [1.54, 1.807) is 0 Å². The quantitative estimate of drug-likeness (QED) is 0.632. The first kappa shape index (κ1) is 14.0. The zero-order valence-electron chi connectivity index (χ0n) is 10.7. The van der Waals surface area contributed by atoms with Crippen molar-refractivity contribution in [3.05, 3.63) is 28.1 Å². The van der Waals surface area contributed by atoms with Gasteiger partial charge in [0.1, 0.15) is 12.2 Å². The first-order chi connectivity index (χ1) is 9.43. The lowest BCUT2D eigenvalue weighted by Gasteiger charge is -2.22. The first-order valence-electron chi connectivity index (χ1n) is 5.94. The van der Waals surface area contributed by atoms with Crippen LogP contribution in [0.2, 0.25) is 0 Å². The lowest BCUT2D eigenvalue weighted by Crippen LogP contribution is -2.32. The van der Waals surface area contributed by atoms with Gasteiger partial charge in [-0.1, -0.05) is 0 Å². The SMILES string of the molecule is COc1cc(N(CC(=O)O)C2CC2)c([N+](=O)[O-])cc1F. The van der Waals surface area contributed by atoms with Crippen LogP contribution >= 0.6 is 0 Å². The molecule has 8 heteroatoms. The molecular weight excluding hydrogens is 271 g/mol. The molecule has 0 saturated heterocycles. The number of carboxylic acids is 1. The third kappa shape index (κ3) is 2.79. The molecule has 0 bridgehead atoms. The van der Waals surface area contributed by atoms with Gasteiger partial charge in [0.15, 0.2) is 11.6 Å². The molecule has 20 heavy (non-hydrogen) atoms. The van der Waals surface area contributed by atoms with E-state index in [1.807, 2.05) is 0 Å². The number of nitrogens with zero attached hydrogens (tertiary/aromatic N) is 2. The van der Waals surface area contributed by atoms with Gasteiger partial charge in [0.2, 0.25) is 0 Å². The molecule has 1 N–H and O–H groups in total. The van der Waals surface area contributed by atoms with Crippen LogP contribution in [0, 0.1) is 15.9 Å². The van der Waals surface area contributed by atoms with Crippen molar-refractivity contribution in [1.29, 1.82) is 0 Å². The molecule has 0 amide bonds. The normalized spacial score (nSPS) is 13.9. The topological polar surface area (TPSA) is 92.9 Å². The Morgan fingerprint density at radius 1 is 1.60 bits per heavy atom. The molecular formula is C12H13FN2O5. The Balaban J connectivity index is 2.50. The summed E-state index contributed by atoms with van der Waals surface area (Å²) in [4.78, 5) is 22.6. The number of ether oxygens (including phenoxy) is 1. The van der Waals surface area contributed by atoms with E-state index >= 15 is 0 Å². The zero-order valence-corrected chi connectivity index (χ0v) is 10.7. The molecule has 0 unspecified atom stereocenters. The van der Waals surface area contributed by atoms with Gasteiger partial charge in [0.05, 0.1) is 18.1 Å². The molecule has 7 nitrogen and oxygen atoms in total. The van der Waals surface area contributed by atoms with Crippen LogP contribution in [0.25, 0.3) is 0 Å². The van der Waals surface area contributed by atoms with E-state index in [1.165, 1.54) is 18.1 Å². The Kier molecular flexibility index (Phi) is 3.73. The monoisotopic (exact) mass is 284 g/mol. The highest BCUT2D eigenvalue weighted by atomic mass is 19.1. The molecule has 0 radical (unpaired) electrons. The fraction of sp³-hybridized carbons (Fsp3) is 0.417. The summed E-state index contributed by atoms with van der Waals surface area (Å²) in [5.41, 5.74) is -0.394. The summed E-state index contributed by atoms with van der Waals surface area (Å²) >= 11 is 0. The van der Waals surface area contributed by atoms with Crippen molar-refractivity contribution >= 4 is 17.3 Å². The number of anilines is 1. The molecule has 1 aromatic carbocycles. The van der Waals surface area contributed by atoms with Crippen molar-refractivity contribution in [1.82, 2.24) is 0 Å². The van der Waals surface area contributed by atoms with Crippen molar-refractivity contribution in [3.63, 3.8) is 0 Å². The summed E-state index contributed by atoms with van der Waals surface area (Å²) in [7, 11) is 1.24. The van der Waals surface area contributed by atoms with Crippen molar-refractivity contribution in [3.8, 4) is 5.75 Å². The van der Waals surface area contributed by atoms with Crippen LogP contribution in [0.5, 0.6) is 5.75 Å². The fourth-order valence-corrected chi connectivity index (χ4v) is 2.01. The predicted molar refractivity (Wildman–Crippen MR) is 67.6 cm³/mol. The summed E-state index contributed by atoms with van der Waals surface area (Å²) in [6.07, 6.45) is 1.51. The molecule has 1 fully saturated rings. The summed E-state index contributed by atoms with van der Waals surface area (Å²) in [6, 6.07) is 1.86. The van der Waals surface area contributed by atoms with Gasteiger partial charge in [-0.2, -0.15) is 0 Å². The van der Waals surface area contributed by atoms with Crippen LogP contribution in [0.3, 0.4) is 0 Å². The van der Waals surface area contributed by atoms with Gasteiger partial charge < -0.3 is 14.7 Å². The van der Waals surface area contributed by atoms with E-state index in [2.05, 4.69) is 0 Å². The summed E-state index contributed by atoms with van der Waals surface area (Å²) in [6.45, 7) is -0.375. The van der Waals surface area contributed by atoms with Crippen LogP contribution in [-0.2, 0) is 4.79 Å². The Hall–Kier alpha value is -2.38. The minimum Gasteiger partial charge on any atom is -0.494 e. The minimum absolute atomic E-state index is 0.0677. The molecule has 2 rings (SSSR count). The van der Waals surface area contributed by atoms with Gasteiger partial charge in [0, 0.05) is 12.1 Å². The predicted octanol–water partition coefficient (Wildman–Crippen LogP) is 1.80. The summed E-state index contributed by atoms with van der Waals surface area (Å²) in [5, 5.41) is 19.9. The minimum atomic E-state index is -1.10. The zero-order chi connectivity index (χ0) is 14.9. The fourth-order valence-electron chi connectivity index (χ4n) is 2.01. The van der Waals surface area contributed by atoms with Gasteiger partial charge in [-0.25, -0.2) is 4.39 Å². The number of aliphatic carboxylic acids is 1. The number of methoxy groups -OCH3 is 1. The van der Waals surface area contributed by atoms with Gasteiger partial charge in [-0.15, -0.1) is 0 Å². The van der Waals surface area contributed by atoms with Crippen LogP contribution < -0.4 is 9.64 Å². The van der Waals surface area contributed by atoms with Crippen LogP contribution in [0.15, 0.2) is 12.1 Å². The molecule has 1 aromatic rings. The maximum absolute atomic E-state index is 13.6. The molecule has 1 aliphatic rings. The van der Waals surface area contributed by atoms with E-state index < -0.39 is 22.4 Å².